The molecule has 8 heavy (non-hydrogen) atoms. The summed E-state index contributed by atoms with van der Waals surface area (Å²) in [5.74, 6) is 2.56. The molecule has 0 unspecified atom stereocenters. The van der Waals surface area contributed by atoms with Crippen LogP contribution in [0.4, 0.5) is 0 Å². The van der Waals surface area contributed by atoms with Crippen LogP contribution in [0.5, 0.6) is 0 Å². The summed E-state index contributed by atoms with van der Waals surface area (Å²) in [6, 6.07) is 0. The van der Waals surface area contributed by atoms with Crippen LogP contribution in [0.3, 0.4) is 0 Å². The molecule has 2 N–H and O–H groups in total. The van der Waals surface area contributed by atoms with Crippen molar-refractivity contribution in [3.8, 4) is 10.8 Å². The first-order valence-corrected chi connectivity index (χ1v) is 2.98. The number of halogens is 1. The minimum Gasteiger partial charge on any atom is -0.394 e. The summed E-state index contributed by atoms with van der Waals surface area (Å²) < 4.78 is 0. The van der Waals surface area contributed by atoms with Gasteiger partial charge in [-0.1, -0.05) is 5.92 Å². The standard InChI is InChI=1S/C5H7BrO2/c6-3-1-2-5(8)4-7/h5,7-8H,2,4H2/t5-/m1/s1. The zero-order chi connectivity index (χ0) is 6.41. The number of hydrogen-bond acceptors (Lipinski definition) is 2. The third-order valence-electron chi connectivity index (χ3n) is 0.615. The highest BCUT2D eigenvalue weighted by molar-refractivity contribution is 9.12. The molecular weight excluding hydrogens is 172 g/mol. The summed E-state index contributed by atoms with van der Waals surface area (Å²) >= 11 is 2.85. The largest absolute Gasteiger partial charge is 0.394 e. The lowest BCUT2D eigenvalue weighted by molar-refractivity contribution is 0.0993. The van der Waals surface area contributed by atoms with Crippen LogP contribution in [0.15, 0.2) is 0 Å². The molecule has 46 valence electrons. The molecule has 2 nitrogen and oxygen atoms in total. The van der Waals surface area contributed by atoms with Crippen molar-refractivity contribution in [2.45, 2.75) is 12.5 Å². The van der Waals surface area contributed by atoms with Crippen molar-refractivity contribution in [1.29, 1.82) is 0 Å². The van der Waals surface area contributed by atoms with Crippen LogP contribution < -0.4 is 0 Å². The predicted molar refractivity (Wildman–Crippen MR) is 34.4 cm³/mol. The van der Waals surface area contributed by atoms with Crippen molar-refractivity contribution in [2.75, 3.05) is 6.61 Å². The zero-order valence-corrected chi connectivity index (χ0v) is 5.85. The van der Waals surface area contributed by atoms with Crippen molar-refractivity contribution >= 4 is 15.9 Å². The molecular formula is C5H7BrO2. The van der Waals surface area contributed by atoms with Crippen LogP contribution in [0.1, 0.15) is 6.42 Å². The molecule has 0 fully saturated rings. The van der Waals surface area contributed by atoms with E-state index in [1.165, 1.54) is 0 Å². The molecule has 0 aliphatic heterocycles. The van der Waals surface area contributed by atoms with Gasteiger partial charge in [-0.05, 0) is 4.83 Å². The lowest BCUT2D eigenvalue weighted by atomic mass is 10.3. The molecule has 0 heterocycles. The average Bonchev–Trinajstić information content (AvgIpc) is 1.83. The average molecular weight is 179 g/mol. The van der Waals surface area contributed by atoms with Crippen LogP contribution in [0.25, 0.3) is 0 Å². The molecule has 0 radical (unpaired) electrons. The molecule has 0 saturated heterocycles. The van der Waals surface area contributed by atoms with E-state index in [2.05, 4.69) is 26.7 Å². The molecule has 0 rings (SSSR count). The van der Waals surface area contributed by atoms with Crippen LogP contribution in [-0.2, 0) is 0 Å². The predicted octanol–water partition coefficient (Wildman–Crippen LogP) is 0.0855. The van der Waals surface area contributed by atoms with E-state index in [0.717, 1.165) is 0 Å². The fourth-order valence-electron chi connectivity index (χ4n) is 0.221. The van der Waals surface area contributed by atoms with Crippen molar-refractivity contribution in [3.63, 3.8) is 0 Å². The van der Waals surface area contributed by atoms with Gasteiger partial charge in [0.2, 0.25) is 0 Å². The van der Waals surface area contributed by atoms with Crippen LogP contribution in [-0.4, -0.2) is 22.9 Å². The van der Waals surface area contributed by atoms with E-state index in [1.807, 2.05) is 0 Å². The maximum absolute atomic E-state index is 8.62. The summed E-state index contributed by atoms with van der Waals surface area (Å²) in [6.07, 6.45) is -0.373. The third-order valence-corrected chi connectivity index (χ3v) is 0.896. The van der Waals surface area contributed by atoms with Crippen LogP contribution in [0.2, 0.25) is 0 Å². The Balaban J connectivity index is 3.19. The van der Waals surface area contributed by atoms with Crippen molar-refractivity contribution in [1.82, 2.24) is 0 Å². The molecule has 0 amide bonds. The van der Waals surface area contributed by atoms with Crippen LogP contribution >= 0.6 is 15.9 Å². The van der Waals surface area contributed by atoms with Gasteiger partial charge in [0.1, 0.15) is 0 Å². The second-order valence-corrected chi connectivity index (χ2v) is 1.71. The third kappa shape index (κ3) is 4.13. The SMILES string of the molecule is OC[C@H](O)CC#CBr. The topological polar surface area (TPSA) is 40.5 Å². The summed E-state index contributed by atoms with van der Waals surface area (Å²) in [6.45, 7) is -0.221. The van der Waals surface area contributed by atoms with Gasteiger partial charge in [-0.2, -0.15) is 0 Å². The monoisotopic (exact) mass is 178 g/mol. The van der Waals surface area contributed by atoms with Gasteiger partial charge in [0.05, 0.1) is 12.7 Å². The van der Waals surface area contributed by atoms with E-state index in [4.69, 9.17) is 10.2 Å². The Morgan fingerprint density at radius 2 is 2.25 bits per heavy atom. The summed E-state index contributed by atoms with van der Waals surface area (Å²) in [5, 5.41) is 16.8. The molecule has 0 aromatic carbocycles. The van der Waals surface area contributed by atoms with E-state index in [9.17, 15) is 0 Å². The highest BCUT2D eigenvalue weighted by Crippen LogP contribution is 1.86. The van der Waals surface area contributed by atoms with Crippen molar-refractivity contribution in [2.24, 2.45) is 0 Å². The van der Waals surface area contributed by atoms with Crippen molar-refractivity contribution < 1.29 is 10.2 Å². The van der Waals surface area contributed by atoms with Gasteiger partial charge in [-0.15, -0.1) is 0 Å². The van der Waals surface area contributed by atoms with Gasteiger partial charge in [-0.3, -0.25) is 0 Å². The first kappa shape index (κ1) is 7.96. The fourth-order valence-corrected chi connectivity index (χ4v) is 0.383. The Hall–Kier alpha value is -0.0400. The first-order chi connectivity index (χ1) is 3.81. The van der Waals surface area contributed by atoms with Gasteiger partial charge in [0.25, 0.3) is 0 Å². The van der Waals surface area contributed by atoms with E-state index in [-0.39, 0.29) is 6.61 Å². The second kappa shape index (κ2) is 5.10. The Morgan fingerprint density at radius 1 is 1.62 bits per heavy atom. The second-order valence-electron chi connectivity index (χ2n) is 1.31. The Kier molecular flexibility index (Phi) is 5.08. The molecule has 0 aliphatic carbocycles. The molecule has 3 heteroatoms. The van der Waals surface area contributed by atoms with Gasteiger partial charge in [-0.25, -0.2) is 0 Å². The lowest BCUT2D eigenvalue weighted by Crippen LogP contribution is -2.09. The zero-order valence-electron chi connectivity index (χ0n) is 4.26. The summed E-state index contributed by atoms with van der Waals surface area (Å²) in [4.78, 5) is 2.42. The molecule has 0 saturated carbocycles. The Morgan fingerprint density at radius 3 is 2.62 bits per heavy atom. The minimum absolute atomic E-state index is 0.221. The van der Waals surface area contributed by atoms with Crippen LogP contribution in [0, 0.1) is 10.8 Å². The van der Waals surface area contributed by atoms with E-state index >= 15 is 0 Å². The highest BCUT2D eigenvalue weighted by atomic mass is 79.9. The molecule has 0 spiro atoms. The molecule has 1 atom stereocenters. The maximum atomic E-state index is 8.62. The highest BCUT2D eigenvalue weighted by Gasteiger charge is 1.95. The quantitative estimate of drug-likeness (QED) is 0.589. The number of hydrogen-bond donors (Lipinski definition) is 2. The fraction of sp³-hybridized carbons (Fsp3) is 0.600. The lowest BCUT2D eigenvalue weighted by Gasteiger charge is -1.97. The smallest absolute Gasteiger partial charge is 0.0880 e. The van der Waals surface area contributed by atoms with E-state index < -0.39 is 6.10 Å². The number of aliphatic hydroxyl groups is 2. The Bertz CT molecular complexity index is 103. The molecule has 0 aliphatic rings. The van der Waals surface area contributed by atoms with Gasteiger partial charge < -0.3 is 10.2 Å². The summed E-state index contributed by atoms with van der Waals surface area (Å²) in [5.41, 5.74) is 0. The first-order valence-electron chi connectivity index (χ1n) is 2.18. The normalized spacial score (nSPS) is 11.9. The number of aliphatic hydroxyl groups excluding tert-OH is 2. The van der Waals surface area contributed by atoms with E-state index in [0.29, 0.717) is 6.42 Å². The Labute approximate surface area is 56.7 Å². The van der Waals surface area contributed by atoms with Gasteiger partial charge >= 0.3 is 0 Å². The maximum Gasteiger partial charge on any atom is 0.0880 e. The van der Waals surface area contributed by atoms with Gasteiger partial charge in [0.15, 0.2) is 0 Å². The summed E-state index contributed by atoms with van der Waals surface area (Å²) in [7, 11) is 0. The minimum atomic E-state index is -0.694. The van der Waals surface area contributed by atoms with E-state index in [1.54, 1.807) is 0 Å². The molecule has 0 bridgehead atoms. The number of rotatable bonds is 2. The molecule has 0 aromatic heterocycles. The van der Waals surface area contributed by atoms with Gasteiger partial charge in [0, 0.05) is 22.4 Å². The van der Waals surface area contributed by atoms with Crippen molar-refractivity contribution in [3.05, 3.63) is 0 Å². The molecule has 0 aromatic rings.